The molecule has 13 heavy (non-hydrogen) atoms. The number of hydrogen-bond acceptors (Lipinski definition) is 4. The fourth-order valence-corrected chi connectivity index (χ4v) is 1.40. The second kappa shape index (κ2) is 4.77. The van der Waals surface area contributed by atoms with E-state index in [1.165, 1.54) is 13.2 Å². The molecule has 0 aromatic rings. The van der Waals surface area contributed by atoms with Crippen molar-refractivity contribution in [1.29, 1.82) is 0 Å². The van der Waals surface area contributed by atoms with E-state index in [0.717, 1.165) is 12.8 Å². The SMILES string of the molecule is COC(=O)CC(CN=C=O)C1CC1. The van der Waals surface area contributed by atoms with Gasteiger partial charge >= 0.3 is 5.97 Å². The van der Waals surface area contributed by atoms with E-state index in [1.807, 2.05) is 0 Å². The summed E-state index contributed by atoms with van der Waals surface area (Å²) in [4.78, 5) is 24.4. The van der Waals surface area contributed by atoms with Gasteiger partial charge in [0.1, 0.15) is 0 Å². The van der Waals surface area contributed by atoms with Crippen molar-refractivity contribution in [1.82, 2.24) is 0 Å². The fourth-order valence-electron chi connectivity index (χ4n) is 1.40. The van der Waals surface area contributed by atoms with Gasteiger partial charge in [-0.1, -0.05) is 0 Å². The molecule has 72 valence electrons. The molecule has 0 N–H and O–H groups in total. The lowest BCUT2D eigenvalue weighted by Crippen LogP contribution is -2.14. The number of methoxy groups -OCH3 is 1. The van der Waals surface area contributed by atoms with Gasteiger partial charge in [0, 0.05) is 0 Å². The van der Waals surface area contributed by atoms with Crippen molar-refractivity contribution in [2.45, 2.75) is 19.3 Å². The normalized spacial score (nSPS) is 17.3. The summed E-state index contributed by atoms with van der Waals surface area (Å²) >= 11 is 0. The number of carbonyl (C=O) groups is 1. The lowest BCUT2D eigenvalue weighted by molar-refractivity contribution is -0.141. The Kier molecular flexibility index (Phi) is 3.65. The van der Waals surface area contributed by atoms with Gasteiger partial charge in [-0.05, 0) is 24.7 Å². The van der Waals surface area contributed by atoms with E-state index in [1.54, 1.807) is 0 Å². The summed E-state index contributed by atoms with van der Waals surface area (Å²) in [6, 6.07) is 0. The van der Waals surface area contributed by atoms with E-state index >= 15 is 0 Å². The van der Waals surface area contributed by atoms with Crippen LogP contribution in [0.1, 0.15) is 19.3 Å². The average Bonchev–Trinajstić information content (AvgIpc) is 2.94. The van der Waals surface area contributed by atoms with Crippen LogP contribution in [0.2, 0.25) is 0 Å². The zero-order valence-corrected chi connectivity index (χ0v) is 7.66. The minimum atomic E-state index is -0.224. The largest absolute Gasteiger partial charge is 0.469 e. The van der Waals surface area contributed by atoms with Gasteiger partial charge in [0.15, 0.2) is 0 Å². The molecule has 0 aromatic heterocycles. The van der Waals surface area contributed by atoms with Crippen molar-refractivity contribution in [3.05, 3.63) is 0 Å². The van der Waals surface area contributed by atoms with E-state index in [4.69, 9.17) is 0 Å². The number of carbonyl (C=O) groups excluding carboxylic acids is 2. The molecule has 0 heterocycles. The first-order chi connectivity index (χ1) is 6.27. The van der Waals surface area contributed by atoms with Crippen molar-refractivity contribution >= 4 is 12.0 Å². The third-order valence-corrected chi connectivity index (χ3v) is 2.34. The second-order valence-corrected chi connectivity index (χ2v) is 3.31. The van der Waals surface area contributed by atoms with Gasteiger partial charge in [-0.15, -0.1) is 0 Å². The van der Waals surface area contributed by atoms with E-state index in [0.29, 0.717) is 18.9 Å². The lowest BCUT2D eigenvalue weighted by Gasteiger charge is -2.10. The van der Waals surface area contributed by atoms with Crippen molar-refractivity contribution < 1.29 is 14.3 Å². The summed E-state index contributed by atoms with van der Waals surface area (Å²) in [6.07, 6.45) is 4.13. The predicted octanol–water partition coefficient (Wildman–Crippen LogP) is 0.911. The number of aliphatic imine (C=N–C) groups is 1. The Morgan fingerprint density at radius 1 is 1.69 bits per heavy atom. The molecule has 1 atom stereocenters. The van der Waals surface area contributed by atoms with Crippen molar-refractivity contribution in [2.75, 3.05) is 13.7 Å². The quantitative estimate of drug-likeness (QED) is 0.361. The Morgan fingerprint density at radius 3 is 2.85 bits per heavy atom. The molecule has 0 radical (unpaired) electrons. The van der Waals surface area contributed by atoms with Gasteiger partial charge in [0.05, 0.1) is 20.1 Å². The molecule has 1 rings (SSSR count). The summed E-state index contributed by atoms with van der Waals surface area (Å²) in [5.74, 6) is 0.503. The standard InChI is InChI=1S/C9H13NO3/c1-13-9(12)4-8(5-10-6-11)7-2-3-7/h7-8H,2-5H2,1H3. The van der Waals surface area contributed by atoms with Gasteiger partial charge in [-0.3, -0.25) is 4.79 Å². The Morgan fingerprint density at radius 2 is 2.38 bits per heavy atom. The zero-order chi connectivity index (χ0) is 9.68. The second-order valence-electron chi connectivity index (χ2n) is 3.31. The number of ether oxygens (including phenoxy) is 1. The first kappa shape index (κ1) is 9.93. The molecule has 0 bridgehead atoms. The van der Waals surface area contributed by atoms with E-state index < -0.39 is 0 Å². The van der Waals surface area contributed by atoms with Crippen LogP contribution in [0.4, 0.5) is 0 Å². The highest BCUT2D eigenvalue weighted by Gasteiger charge is 2.32. The highest BCUT2D eigenvalue weighted by Crippen LogP contribution is 2.38. The maximum atomic E-state index is 11.0. The van der Waals surface area contributed by atoms with Crippen LogP contribution >= 0.6 is 0 Å². The molecule has 1 fully saturated rings. The lowest BCUT2D eigenvalue weighted by atomic mass is 10.0. The number of rotatable bonds is 5. The molecule has 4 nitrogen and oxygen atoms in total. The first-order valence-electron chi connectivity index (χ1n) is 4.38. The molecule has 0 amide bonds. The first-order valence-corrected chi connectivity index (χ1v) is 4.38. The highest BCUT2D eigenvalue weighted by molar-refractivity contribution is 5.69. The third kappa shape index (κ3) is 3.38. The number of nitrogens with zero attached hydrogens (tertiary/aromatic N) is 1. The van der Waals surface area contributed by atoms with E-state index in [9.17, 15) is 9.59 Å². The Bertz CT molecular complexity index is 229. The summed E-state index contributed by atoms with van der Waals surface area (Å²) < 4.78 is 4.56. The smallest absolute Gasteiger partial charge is 0.305 e. The summed E-state index contributed by atoms with van der Waals surface area (Å²) in [5, 5.41) is 0. The van der Waals surface area contributed by atoms with Crippen LogP contribution in [0.15, 0.2) is 4.99 Å². The molecule has 0 saturated heterocycles. The minimum Gasteiger partial charge on any atom is -0.469 e. The van der Waals surface area contributed by atoms with Gasteiger partial charge < -0.3 is 4.74 Å². The van der Waals surface area contributed by atoms with Crippen LogP contribution in [0.5, 0.6) is 0 Å². The molecule has 1 aliphatic carbocycles. The van der Waals surface area contributed by atoms with Crippen LogP contribution in [-0.2, 0) is 14.3 Å². The van der Waals surface area contributed by atoms with Crippen LogP contribution in [0.25, 0.3) is 0 Å². The van der Waals surface area contributed by atoms with Gasteiger partial charge in [0.25, 0.3) is 0 Å². The predicted molar refractivity (Wildman–Crippen MR) is 45.8 cm³/mol. The number of hydrogen-bond donors (Lipinski definition) is 0. The Hall–Kier alpha value is -1.15. The molecule has 1 aliphatic rings. The van der Waals surface area contributed by atoms with E-state index in [-0.39, 0.29) is 11.9 Å². The topological polar surface area (TPSA) is 55.7 Å². The van der Waals surface area contributed by atoms with Crippen LogP contribution in [0, 0.1) is 11.8 Å². The summed E-state index contributed by atoms with van der Waals surface area (Å²) in [7, 11) is 1.37. The molecule has 1 unspecified atom stereocenters. The van der Waals surface area contributed by atoms with Crippen molar-refractivity contribution in [3.8, 4) is 0 Å². The number of isocyanates is 1. The monoisotopic (exact) mass is 183 g/mol. The Balaban J connectivity index is 2.37. The highest BCUT2D eigenvalue weighted by atomic mass is 16.5. The molecule has 0 aromatic carbocycles. The van der Waals surface area contributed by atoms with Gasteiger partial charge in [-0.2, -0.15) is 0 Å². The maximum Gasteiger partial charge on any atom is 0.305 e. The third-order valence-electron chi connectivity index (χ3n) is 2.34. The Labute approximate surface area is 77.0 Å². The zero-order valence-electron chi connectivity index (χ0n) is 7.66. The molecule has 4 heteroatoms. The molecule has 1 saturated carbocycles. The number of esters is 1. The van der Waals surface area contributed by atoms with Crippen LogP contribution in [-0.4, -0.2) is 25.7 Å². The average molecular weight is 183 g/mol. The minimum absolute atomic E-state index is 0.175. The van der Waals surface area contributed by atoms with Crippen LogP contribution in [0.3, 0.4) is 0 Å². The van der Waals surface area contributed by atoms with Crippen LogP contribution < -0.4 is 0 Å². The van der Waals surface area contributed by atoms with Crippen molar-refractivity contribution in [3.63, 3.8) is 0 Å². The molecule has 0 aliphatic heterocycles. The molecular weight excluding hydrogens is 170 g/mol. The summed E-state index contributed by atoms with van der Waals surface area (Å²) in [6.45, 7) is 0.406. The molecule has 0 spiro atoms. The summed E-state index contributed by atoms with van der Waals surface area (Å²) in [5.41, 5.74) is 0. The maximum absolute atomic E-state index is 11.0. The van der Waals surface area contributed by atoms with Gasteiger partial charge in [-0.25, -0.2) is 9.79 Å². The van der Waals surface area contributed by atoms with E-state index in [2.05, 4.69) is 9.73 Å². The fraction of sp³-hybridized carbons (Fsp3) is 0.778. The van der Waals surface area contributed by atoms with Gasteiger partial charge in [0.2, 0.25) is 6.08 Å². The van der Waals surface area contributed by atoms with Crippen molar-refractivity contribution in [2.24, 2.45) is 16.8 Å². The molecular formula is C9H13NO3.